The van der Waals surface area contributed by atoms with Gasteiger partial charge in [0, 0.05) is 19.0 Å². The highest BCUT2D eigenvalue weighted by molar-refractivity contribution is 6.22. The monoisotopic (exact) mass is 502 g/mol. The van der Waals surface area contributed by atoms with Crippen molar-refractivity contribution in [2.45, 2.75) is 50.8 Å². The number of hydrogen-bond donors (Lipinski definition) is 2. The number of hydrogen-bond acceptors (Lipinski definition) is 6. The Morgan fingerprint density at radius 3 is 2.65 bits per heavy atom. The number of nitriles is 1. The molecule has 1 aliphatic heterocycles. The highest BCUT2D eigenvalue weighted by Gasteiger charge is 2.58. The maximum atomic E-state index is 13.8. The van der Waals surface area contributed by atoms with Crippen LogP contribution in [0.5, 0.6) is 0 Å². The van der Waals surface area contributed by atoms with Crippen molar-refractivity contribution in [3.05, 3.63) is 59.2 Å². The maximum Gasteiger partial charge on any atom is 0.408 e. The Balaban J connectivity index is 1.42. The zero-order valence-electron chi connectivity index (χ0n) is 20.7. The van der Waals surface area contributed by atoms with E-state index >= 15 is 0 Å². The molecule has 0 radical (unpaired) electrons. The number of ketones is 1. The third-order valence-electron chi connectivity index (χ3n) is 8.03. The predicted octanol–water partition coefficient (Wildman–Crippen LogP) is 2.39. The van der Waals surface area contributed by atoms with E-state index in [4.69, 9.17) is 10.00 Å². The average molecular weight is 503 g/mol. The number of fused-ring (bicyclic) bond motifs is 2. The van der Waals surface area contributed by atoms with Crippen LogP contribution in [0.2, 0.25) is 0 Å². The Hall–Kier alpha value is -3.93. The van der Waals surface area contributed by atoms with Crippen molar-refractivity contribution in [2.75, 3.05) is 13.1 Å². The maximum absolute atomic E-state index is 13.8. The first-order chi connectivity index (χ1) is 17.8. The fourth-order valence-corrected chi connectivity index (χ4v) is 5.98. The Kier molecular flexibility index (Phi) is 6.59. The van der Waals surface area contributed by atoms with Gasteiger partial charge in [0.15, 0.2) is 11.4 Å². The Labute approximate surface area is 215 Å². The highest BCUT2D eigenvalue weighted by Crippen LogP contribution is 2.51. The standard InChI is InChI=1S/C28H30N4O5/c1-17(19-7-8-19)32(15-18-5-3-2-4-6-18)23(33)13-20-14-28(16-31-27(36)37-28)22-10-9-21(25(34)24(20)22)26(35)30-12-11-29/h2-6,9-10,17,19-20,24H,7-8,12-16H2,1H3,(H,30,35)(H,31,36)/t17-,20?,24?,28-/m0/s1. The molecule has 1 heterocycles. The fraction of sp³-hybridized carbons (Fsp3) is 0.464. The zero-order chi connectivity index (χ0) is 26.2. The number of Topliss-reactive ketones (excluding diaryl/α,β-unsaturated/α-hetero) is 1. The molecular weight excluding hydrogens is 472 g/mol. The molecule has 1 aromatic rings. The number of nitrogens with zero attached hydrogens (tertiary/aromatic N) is 2. The number of alkyl carbamates (subject to hydrolysis) is 1. The van der Waals surface area contributed by atoms with Gasteiger partial charge in [0.2, 0.25) is 5.91 Å². The number of amides is 3. The van der Waals surface area contributed by atoms with E-state index in [1.807, 2.05) is 41.3 Å². The smallest absolute Gasteiger partial charge is 0.408 e. The van der Waals surface area contributed by atoms with Crippen LogP contribution >= 0.6 is 0 Å². The summed E-state index contributed by atoms with van der Waals surface area (Å²) in [5, 5.41) is 13.9. The summed E-state index contributed by atoms with van der Waals surface area (Å²) in [6.45, 7) is 2.55. The van der Waals surface area contributed by atoms with Crippen LogP contribution in [0.25, 0.3) is 0 Å². The number of ether oxygens (including phenoxy) is 1. The summed E-state index contributed by atoms with van der Waals surface area (Å²) < 4.78 is 5.68. The molecule has 4 atom stereocenters. The van der Waals surface area contributed by atoms with Crippen LogP contribution in [-0.4, -0.2) is 53.3 Å². The van der Waals surface area contributed by atoms with Gasteiger partial charge in [-0.2, -0.15) is 5.26 Å². The Morgan fingerprint density at radius 2 is 2.00 bits per heavy atom. The summed E-state index contributed by atoms with van der Waals surface area (Å²) in [5.74, 6) is -1.80. The van der Waals surface area contributed by atoms with Crippen LogP contribution in [-0.2, 0) is 25.7 Å². The van der Waals surface area contributed by atoms with E-state index in [9.17, 15) is 19.2 Å². The van der Waals surface area contributed by atoms with E-state index in [2.05, 4.69) is 17.6 Å². The Morgan fingerprint density at radius 1 is 1.24 bits per heavy atom. The van der Waals surface area contributed by atoms with Gasteiger partial charge in [-0.25, -0.2) is 4.79 Å². The number of benzene rings is 1. The van der Waals surface area contributed by atoms with Gasteiger partial charge in [0.25, 0.3) is 5.91 Å². The average Bonchev–Trinajstić information content (AvgIpc) is 3.61. The van der Waals surface area contributed by atoms with Crippen LogP contribution in [0.15, 0.2) is 53.6 Å². The first kappa shape index (κ1) is 24.8. The molecule has 1 aromatic carbocycles. The molecule has 3 aliphatic carbocycles. The van der Waals surface area contributed by atoms with Crippen molar-refractivity contribution in [1.82, 2.24) is 15.5 Å². The van der Waals surface area contributed by atoms with Crippen LogP contribution in [0.4, 0.5) is 4.79 Å². The summed E-state index contributed by atoms with van der Waals surface area (Å²) in [6, 6.07) is 11.7. The number of allylic oxidation sites excluding steroid dienone is 2. The minimum Gasteiger partial charge on any atom is -0.436 e. The third kappa shape index (κ3) is 4.76. The van der Waals surface area contributed by atoms with E-state index < -0.39 is 35.2 Å². The minimum atomic E-state index is -1.01. The van der Waals surface area contributed by atoms with Crippen molar-refractivity contribution in [3.8, 4) is 6.07 Å². The van der Waals surface area contributed by atoms with Gasteiger partial charge in [0.1, 0.15) is 6.54 Å². The topological polar surface area (TPSA) is 129 Å². The number of rotatable bonds is 8. The molecule has 1 spiro atoms. The molecule has 37 heavy (non-hydrogen) atoms. The molecule has 0 bridgehead atoms. The second-order valence-electron chi connectivity index (χ2n) is 10.4. The lowest BCUT2D eigenvalue weighted by Crippen LogP contribution is -2.41. The van der Waals surface area contributed by atoms with Crippen molar-refractivity contribution >= 4 is 23.7 Å². The summed E-state index contributed by atoms with van der Waals surface area (Å²) in [6.07, 6.45) is 5.14. The van der Waals surface area contributed by atoms with Gasteiger partial charge < -0.3 is 20.3 Å². The summed E-state index contributed by atoms with van der Waals surface area (Å²) in [4.78, 5) is 53.9. The first-order valence-electron chi connectivity index (χ1n) is 12.7. The summed E-state index contributed by atoms with van der Waals surface area (Å²) in [5.41, 5.74) is 0.590. The van der Waals surface area contributed by atoms with Crippen LogP contribution < -0.4 is 10.6 Å². The van der Waals surface area contributed by atoms with Crippen molar-refractivity contribution in [1.29, 1.82) is 5.26 Å². The van der Waals surface area contributed by atoms with Gasteiger partial charge in [0.05, 0.1) is 24.1 Å². The summed E-state index contributed by atoms with van der Waals surface area (Å²) in [7, 11) is 0. The predicted molar refractivity (Wildman–Crippen MR) is 132 cm³/mol. The lowest BCUT2D eigenvalue weighted by molar-refractivity contribution is -0.136. The lowest BCUT2D eigenvalue weighted by atomic mass is 9.79. The zero-order valence-corrected chi connectivity index (χ0v) is 20.7. The molecule has 3 amide bonds. The van der Waals surface area contributed by atoms with E-state index in [1.54, 1.807) is 6.08 Å². The molecule has 5 rings (SSSR count). The molecule has 9 nitrogen and oxygen atoms in total. The van der Waals surface area contributed by atoms with Gasteiger partial charge in [-0.1, -0.05) is 36.4 Å². The molecule has 1 saturated heterocycles. The fourth-order valence-electron chi connectivity index (χ4n) is 5.98. The van der Waals surface area contributed by atoms with E-state index in [0.29, 0.717) is 24.5 Å². The van der Waals surface area contributed by atoms with Crippen LogP contribution in [0.3, 0.4) is 0 Å². The lowest BCUT2D eigenvalue weighted by Gasteiger charge is -2.31. The highest BCUT2D eigenvalue weighted by atomic mass is 16.6. The van der Waals surface area contributed by atoms with Crippen LogP contribution in [0, 0.1) is 29.1 Å². The molecule has 2 N–H and O–H groups in total. The van der Waals surface area contributed by atoms with Gasteiger partial charge in [-0.3, -0.25) is 14.4 Å². The Bertz CT molecular complexity index is 1230. The minimum absolute atomic E-state index is 0.0525. The second kappa shape index (κ2) is 9.85. The van der Waals surface area contributed by atoms with E-state index in [-0.39, 0.29) is 37.0 Å². The molecule has 4 aliphatic rings. The second-order valence-corrected chi connectivity index (χ2v) is 10.4. The van der Waals surface area contributed by atoms with E-state index in [0.717, 1.165) is 18.4 Å². The molecule has 3 fully saturated rings. The molecule has 192 valence electrons. The van der Waals surface area contributed by atoms with Crippen LogP contribution in [0.1, 0.15) is 38.2 Å². The SMILES string of the molecule is C[C@@H](C1CC1)N(Cc1ccccc1)C(=O)CC1C[C@]2(CNC(=O)O2)C2=CC=C(C(=O)NCC#N)C(=O)C21. The molecule has 2 unspecified atom stereocenters. The quantitative estimate of drug-likeness (QED) is 0.415. The molecule has 9 heteroatoms. The number of carbonyl (C=O) groups excluding carboxylic acids is 4. The van der Waals surface area contributed by atoms with Gasteiger partial charge in [-0.15, -0.1) is 0 Å². The van der Waals surface area contributed by atoms with Crippen molar-refractivity contribution in [2.24, 2.45) is 17.8 Å². The first-order valence-corrected chi connectivity index (χ1v) is 12.7. The van der Waals surface area contributed by atoms with E-state index in [1.165, 1.54) is 6.08 Å². The van der Waals surface area contributed by atoms with Crippen molar-refractivity contribution in [3.63, 3.8) is 0 Å². The largest absolute Gasteiger partial charge is 0.436 e. The van der Waals surface area contributed by atoms with Gasteiger partial charge in [-0.05, 0) is 55.2 Å². The number of carbonyl (C=O) groups is 4. The molecule has 2 saturated carbocycles. The van der Waals surface area contributed by atoms with Crippen molar-refractivity contribution < 1.29 is 23.9 Å². The normalized spacial score (nSPS) is 26.8. The summed E-state index contributed by atoms with van der Waals surface area (Å²) >= 11 is 0. The number of nitrogens with one attached hydrogen (secondary N) is 2. The molecular formula is C28H30N4O5. The van der Waals surface area contributed by atoms with Gasteiger partial charge >= 0.3 is 6.09 Å². The third-order valence-corrected chi connectivity index (χ3v) is 8.03. The molecule has 0 aromatic heterocycles.